The highest BCUT2D eigenvalue weighted by Gasteiger charge is 2.30. The summed E-state index contributed by atoms with van der Waals surface area (Å²) < 4.78 is 33.0. The molecule has 0 saturated carbocycles. The van der Waals surface area contributed by atoms with Gasteiger partial charge in [-0.2, -0.15) is 4.31 Å². The average molecular weight is 420 g/mol. The lowest BCUT2D eigenvalue weighted by molar-refractivity contribution is -0.385. The Kier molecular flexibility index (Phi) is 7.05. The summed E-state index contributed by atoms with van der Waals surface area (Å²) in [6.07, 6.45) is 3.17. The van der Waals surface area contributed by atoms with E-state index in [1.807, 2.05) is 30.3 Å². The molecule has 29 heavy (non-hydrogen) atoms. The number of nitrogens with one attached hydrogen (secondary N) is 1. The highest BCUT2D eigenvalue weighted by atomic mass is 32.2. The van der Waals surface area contributed by atoms with Crippen molar-refractivity contribution >= 4 is 21.4 Å². The van der Waals surface area contributed by atoms with Gasteiger partial charge in [0.2, 0.25) is 10.0 Å². The Balaban J connectivity index is 1.61. The van der Waals surface area contributed by atoms with Crippen LogP contribution < -0.4 is 10.1 Å². The van der Waals surface area contributed by atoms with Gasteiger partial charge in [0, 0.05) is 31.8 Å². The van der Waals surface area contributed by atoms with Crippen LogP contribution in [-0.2, 0) is 10.0 Å². The molecule has 2 aromatic rings. The van der Waals surface area contributed by atoms with Crippen LogP contribution in [0.3, 0.4) is 0 Å². The Labute approximate surface area is 170 Å². The fourth-order valence-electron chi connectivity index (χ4n) is 3.21. The molecule has 1 N–H and O–H groups in total. The zero-order valence-electron chi connectivity index (χ0n) is 16.1. The van der Waals surface area contributed by atoms with Crippen molar-refractivity contribution < 1.29 is 18.1 Å². The highest BCUT2D eigenvalue weighted by Crippen LogP contribution is 2.30. The van der Waals surface area contributed by atoms with Crippen LogP contribution in [0.25, 0.3) is 0 Å². The van der Waals surface area contributed by atoms with Crippen molar-refractivity contribution in [3.8, 4) is 5.75 Å². The number of unbranched alkanes of at least 4 members (excludes halogenated alkanes) is 1. The summed E-state index contributed by atoms with van der Waals surface area (Å²) in [4.78, 5) is 10.5. The predicted octanol–water partition coefficient (Wildman–Crippen LogP) is 3.65. The molecule has 1 aliphatic rings. The van der Waals surface area contributed by atoms with E-state index in [-0.39, 0.29) is 10.6 Å². The second-order valence-corrected chi connectivity index (χ2v) is 8.75. The molecule has 8 nitrogen and oxygen atoms in total. The molecule has 1 aliphatic heterocycles. The molecule has 1 fully saturated rings. The maximum Gasteiger partial charge on any atom is 0.270 e. The van der Waals surface area contributed by atoms with E-state index in [0.717, 1.165) is 37.5 Å². The standard InChI is InChI=1S/C20H25N3O5S/c24-23(25)17-10-11-19(20(16-17)29(26,27)22-13-5-6-14-22)21-12-4-7-15-28-18-8-2-1-3-9-18/h1-3,8-11,16,21H,4-7,12-15H2. The van der Waals surface area contributed by atoms with Gasteiger partial charge in [-0.1, -0.05) is 18.2 Å². The topological polar surface area (TPSA) is 102 Å². The molecule has 0 atom stereocenters. The van der Waals surface area contributed by atoms with Crippen LogP contribution in [0.5, 0.6) is 5.75 Å². The molecule has 0 amide bonds. The first-order valence-corrected chi connectivity index (χ1v) is 11.1. The molecule has 0 bridgehead atoms. The Bertz CT molecular complexity index is 928. The second-order valence-electron chi connectivity index (χ2n) is 6.84. The molecule has 9 heteroatoms. The van der Waals surface area contributed by atoms with Crippen molar-refractivity contribution in [3.63, 3.8) is 0 Å². The number of non-ortho nitro benzene ring substituents is 1. The van der Waals surface area contributed by atoms with Crippen LogP contribution in [0.4, 0.5) is 11.4 Å². The number of nitro groups is 1. The molecule has 0 aromatic heterocycles. The number of rotatable bonds is 10. The smallest absolute Gasteiger partial charge is 0.270 e. The lowest BCUT2D eigenvalue weighted by atomic mass is 10.2. The SMILES string of the molecule is O=[N+]([O-])c1ccc(NCCCCOc2ccccc2)c(S(=O)(=O)N2CCCC2)c1. The van der Waals surface area contributed by atoms with Gasteiger partial charge in [0.05, 0.1) is 17.2 Å². The molecule has 3 rings (SSSR count). The summed E-state index contributed by atoms with van der Waals surface area (Å²) in [6, 6.07) is 13.5. The first-order valence-electron chi connectivity index (χ1n) is 9.69. The first-order chi connectivity index (χ1) is 14.0. The van der Waals surface area contributed by atoms with E-state index in [1.165, 1.54) is 16.4 Å². The van der Waals surface area contributed by atoms with Gasteiger partial charge in [0.1, 0.15) is 10.6 Å². The molecule has 0 spiro atoms. The number of hydrogen-bond acceptors (Lipinski definition) is 6. The van der Waals surface area contributed by atoms with Crippen molar-refractivity contribution in [2.24, 2.45) is 0 Å². The van der Waals surface area contributed by atoms with Crippen molar-refractivity contribution in [1.29, 1.82) is 0 Å². The summed E-state index contributed by atoms with van der Waals surface area (Å²) >= 11 is 0. The molecular weight excluding hydrogens is 394 g/mol. The van der Waals surface area contributed by atoms with Gasteiger partial charge in [-0.3, -0.25) is 10.1 Å². The molecule has 0 aliphatic carbocycles. The van der Waals surface area contributed by atoms with Crippen molar-refractivity contribution in [1.82, 2.24) is 4.31 Å². The van der Waals surface area contributed by atoms with Gasteiger partial charge in [0.15, 0.2) is 0 Å². The number of benzene rings is 2. The number of ether oxygens (including phenoxy) is 1. The minimum absolute atomic E-state index is 0.0332. The van der Waals surface area contributed by atoms with Crippen molar-refractivity contribution in [2.75, 3.05) is 31.6 Å². The fourth-order valence-corrected chi connectivity index (χ4v) is 4.91. The molecule has 156 valence electrons. The van der Waals surface area contributed by atoms with Crippen LogP contribution in [0.15, 0.2) is 53.4 Å². The number of sulfonamides is 1. The number of nitrogens with zero attached hydrogens (tertiary/aromatic N) is 2. The van der Waals surface area contributed by atoms with Crippen molar-refractivity contribution in [3.05, 3.63) is 58.6 Å². The van der Waals surface area contributed by atoms with Gasteiger partial charge < -0.3 is 10.1 Å². The molecule has 1 heterocycles. The maximum atomic E-state index is 13.0. The molecular formula is C20H25N3O5S. The van der Waals surface area contributed by atoms with Gasteiger partial charge in [0.25, 0.3) is 5.69 Å². The van der Waals surface area contributed by atoms with E-state index < -0.39 is 14.9 Å². The lowest BCUT2D eigenvalue weighted by Crippen LogP contribution is -2.28. The quantitative estimate of drug-likeness (QED) is 0.358. The van der Waals surface area contributed by atoms with E-state index in [1.54, 1.807) is 0 Å². The van der Waals surface area contributed by atoms with E-state index >= 15 is 0 Å². The summed E-state index contributed by atoms with van der Waals surface area (Å²) in [6.45, 7) is 1.99. The van der Waals surface area contributed by atoms with E-state index in [9.17, 15) is 18.5 Å². The van der Waals surface area contributed by atoms with Gasteiger partial charge in [-0.05, 0) is 43.9 Å². The average Bonchev–Trinajstić information content (AvgIpc) is 3.27. The Morgan fingerprint density at radius 1 is 1.07 bits per heavy atom. The van der Waals surface area contributed by atoms with Crippen LogP contribution in [0, 0.1) is 10.1 Å². The highest BCUT2D eigenvalue weighted by molar-refractivity contribution is 7.89. The number of anilines is 1. The van der Waals surface area contributed by atoms with Gasteiger partial charge in [-0.25, -0.2) is 8.42 Å². The number of para-hydroxylation sites is 1. The minimum atomic E-state index is -3.77. The first kappa shape index (κ1) is 21.1. The monoisotopic (exact) mass is 419 g/mol. The molecule has 0 unspecified atom stereocenters. The fraction of sp³-hybridized carbons (Fsp3) is 0.400. The lowest BCUT2D eigenvalue weighted by Gasteiger charge is -2.18. The van der Waals surface area contributed by atoms with E-state index in [4.69, 9.17) is 4.74 Å². The third-order valence-corrected chi connectivity index (χ3v) is 6.70. The van der Waals surface area contributed by atoms with Gasteiger partial charge in [-0.15, -0.1) is 0 Å². The van der Waals surface area contributed by atoms with E-state index in [0.29, 0.717) is 31.9 Å². The summed E-state index contributed by atoms with van der Waals surface area (Å²) in [7, 11) is -3.77. The summed E-state index contributed by atoms with van der Waals surface area (Å²) in [5.41, 5.74) is 0.163. The minimum Gasteiger partial charge on any atom is -0.494 e. The zero-order chi connectivity index (χ0) is 20.7. The third kappa shape index (κ3) is 5.45. The number of nitro benzene ring substituents is 1. The molecule has 0 radical (unpaired) electrons. The van der Waals surface area contributed by atoms with Gasteiger partial charge >= 0.3 is 0 Å². The van der Waals surface area contributed by atoms with Crippen molar-refractivity contribution in [2.45, 2.75) is 30.6 Å². The Hall–Kier alpha value is -2.65. The largest absolute Gasteiger partial charge is 0.494 e. The normalized spacial score (nSPS) is 14.6. The predicted molar refractivity (Wildman–Crippen MR) is 111 cm³/mol. The van der Waals surface area contributed by atoms with E-state index in [2.05, 4.69) is 5.32 Å². The number of hydrogen-bond donors (Lipinski definition) is 1. The van der Waals surface area contributed by atoms with Crippen LogP contribution >= 0.6 is 0 Å². The second kappa shape index (κ2) is 9.71. The summed E-state index contributed by atoms with van der Waals surface area (Å²) in [5, 5.41) is 14.2. The summed E-state index contributed by atoms with van der Waals surface area (Å²) in [5.74, 6) is 0.815. The molecule has 1 saturated heterocycles. The molecule has 2 aromatic carbocycles. The van der Waals surface area contributed by atoms with Crippen LogP contribution in [0.1, 0.15) is 25.7 Å². The van der Waals surface area contributed by atoms with Crippen LogP contribution in [0.2, 0.25) is 0 Å². The Morgan fingerprint density at radius 2 is 1.79 bits per heavy atom. The third-order valence-electron chi connectivity index (χ3n) is 4.76. The van der Waals surface area contributed by atoms with Crippen LogP contribution in [-0.4, -0.2) is 43.9 Å². The Morgan fingerprint density at radius 3 is 2.48 bits per heavy atom. The maximum absolute atomic E-state index is 13.0. The zero-order valence-corrected chi connectivity index (χ0v) is 16.9.